The van der Waals surface area contributed by atoms with Crippen molar-refractivity contribution in [2.24, 2.45) is 0 Å². The normalized spacial score (nSPS) is 10.1. The smallest absolute Gasteiger partial charge is 0.319 e. The standard InChI is InChI=1S/C20H25N3O3/c1-15-7-9-18(10-8-15)26-12-11-23(3)19(24)14-21-20(25)22-17-6-4-5-16(2)13-17/h4-10,13H,11-12,14H2,1-3H3,(H2,21,22,25). The Labute approximate surface area is 154 Å². The minimum absolute atomic E-state index is 0.0708. The Morgan fingerprint density at radius 3 is 2.46 bits per heavy atom. The molecule has 0 spiro atoms. The van der Waals surface area contributed by atoms with Crippen molar-refractivity contribution in [3.8, 4) is 5.75 Å². The van der Waals surface area contributed by atoms with Gasteiger partial charge in [-0.2, -0.15) is 0 Å². The summed E-state index contributed by atoms with van der Waals surface area (Å²) in [5, 5.41) is 5.26. The van der Waals surface area contributed by atoms with Crippen LogP contribution in [0.4, 0.5) is 10.5 Å². The van der Waals surface area contributed by atoms with E-state index in [4.69, 9.17) is 4.74 Å². The lowest BCUT2D eigenvalue weighted by atomic mass is 10.2. The molecule has 0 atom stereocenters. The highest BCUT2D eigenvalue weighted by atomic mass is 16.5. The fraction of sp³-hybridized carbons (Fsp3) is 0.300. The Bertz CT molecular complexity index is 744. The molecule has 0 bridgehead atoms. The lowest BCUT2D eigenvalue weighted by Crippen LogP contribution is -2.41. The Hall–Kier alpha value is -3.02. The maximum absolute atomic E-state index is 12.1. The van der Waals surface area contributed by atoms with Crippen LogP contribution in [0, 0.1) is 13.8 Å². The van der Waals surface area contributed by atoms with E-state index in [1.54, 1.807) is 13.1 Å². The van der Waals surface area contributed by atoms with Crippen LogP contribution < -0.4 is 15.4 Å². The highest BCUT2D eigenvalue weighted by Gasteiger charge is 2.10. The molecule has 0 aliphatic carbocycles. The van der Waals surface area contributed by atoms with Crippen LogP contribution in [0.25, 0.3) is 0 Å². The van der Waals surface area contributed by atoms with E-state index in [1.807, 2.05) is 56.3 Å². The summed E-state index contributed by atoms with van der Waals surface area (Å²) in [6, 6.07) is 14.8. The van der Waals surface area contributed by atoms with Gasteiger partial charge in [-0.25, -0.2) is 4.79 Å². The summed E-state index contributed by atoms with van der Waals surface area (Å²) in [5.41, 5.74) is 2.90. The number of carbonyl (C=O) groups is 2. The molecule has 0 aliphatic rings. The van der Waals surface area contributed by atoms with Crippen molar-refractivity contribution in [2.75, 3.05) is 32.1 Å². The van der Waals surface area contributed by atoms with Crippen LogP contribution in [0.15, 0.2) is 48.5 Å². The first kappa shape index (κ1) is 19.3. The van der Waals surface area contributed by atoms with E-state index in [2.05, 4.69) is 10.6 Å². The van der Waals surface area contributed by atoms with E-state index < -0.39 is 6.03 Å². The van der Waals surface area contributed by atoms with Crippen LogP contribution >= 0.6 is 0 Å². The lowest BCUT2D eigenvalue weighted by Gasteiger charge is -2.18. The van der Waals surface area contributed by atoms with Gasteiger partial charge in [0.25, 0.3) is 0 Å². The van der Waals surface area contributed by atoms with Crippen LogP contribution in [-0.2, 0) is 4.79 Å². The Morgan fingerprint density at radius 2 is 1.77 bits per heavy atom. The van der Waals surface area contributed by atoms with Crippen LogP contribution in [0.3, 0.4) is 0 Å². The molecule has 2 aromatic rings. The van der Waals surface area contributed by atoms with E-state index in [9.17, 15) is 9.59 Å². The molecule has 2 N–H and O–H groups in total. The quantitative estimate of drug-likeness (QED) is 0.802. The SMILES string of the molecule is Cc1ccc(OCCN(C)C(=O)CNC(=O)Nc2cccc(C)c2)cc1. The molecule has 3 amide bonds. The number of amides is 3. The molecule has 2 aromatic carbocycles. The molecular formula is C20H25N3O3. The molecule has 0 saturated carbocycles. The number of hydrogen-bond acceptors (Lipinski definition) is 3. The monoisotopic (exact) mass is 355 g/mol. The summed E-state index contributed by atoms with van der Waals surface area (Å²) in [7, 11) is 1.68. The second kappa shape index (κ2) is 9.46. The van der Waals surface area contributed by atoms with Crippen LogP contribution in [0.2, 0.25) is 0 Å². The van der Waals surface area contributed by atoms with Crippen molar-refractivity contribution in [1.82, 2.24) is 10.2 Å². The molecule has 2 rings (SSSR count). The van der Waals surface area contributed by atoms with E-state index >= 15 is 0 Å². The van der Waals surface area contributed by atoms with Crippen molar-refractivity contribution in [2.45, 2.75) is 13.8 Å². The summed E-state index contributed by atoms with van der Waals surface area (Å²) in [5.74, 6) is 0.587. The summed E-state index contributed by atoms with van der Waals surface area (Å²) in [4.78, 5) is 25.5. The lowest BCUT2D eigenvalue weighted by molar-refractivity contribution is -0.129. The number of aryl methyl sites for hydroxylation is 2. The molecule has 0 aromatic heterocycles. The number of likely N-dealkylation sites (N-methyl/N-ethyl adjacent to an activating group) is 1. The average Bonchev–Trinajstić information content (AvgIpc) is 2.61. The van der Waals surface area contributed by atoms with Gasteiger partial charge in [0.1, 0.15) is 12.4 Å². The van der Waals surface area contributed by atoms with Gasteiger partial charge in [-0.1, -0.05) is 29.8 Å². The van der Waals surface area contributed by atoms with Gasteiger partial charge in [-0.15, -0.1) is 0 Å². The van der Waals surface area contributed by atoms with Crippen LogP contribution in [-0.4, -0.2) is 43.6 Å². The fourth-order valence-electron chi connectivity index (χ4n) is 2.25. The number of urea groups is 1. The Morgan fingerprint density at radius 1 is 1.04 bits per heavy atom. The summed E-state index contributed by atoms with van der Waals surface area (Å²) >= 11 is 0. The van der Waals surface area contributed by atoms with Crippen molar-refractivity contribution in [1.29, 1.82) is 0 Å². The largest absolute Gasteiger partial charge is 0.492 e. The number of ether oxygens (including phenoxy) is 1. The molecular weight excluding hydrogens is 330 g/mol. The van der Waals surface area contributed by atoms with Gasteiger partial charge >= 0.3 is 6.03 Å². The van der Waals surface area contributed by atoms with Crippen molar-refractivity contribution in [3.63, 3.8) is 0 Å². The van der Waals surface area contributed by atoms with E-state index in [0.717, 1.165) is 11.3 Å². The molecule has 0 heterocycles. The Kier molecular flexibility index (Phi) is 7.02. The molecule has 0 aliphatic heterocycles. The first-order chi connectivity index (χ1) is 12.4. The number of rotatable bonds is 7. The maximum Gasteiger partial charge on any atom is 0.319 e. The molecule has 6 heteroatoms. The number of benzene rings is 2. The predicted octanol–water partition coefficient (Wildman–Crippen LogP) is 2.96. The van der Waals surface area contributed by atoms with E-state index in [1.165, 1.54) is 10.5 Å². The zero-order chi connectivity index (χ0) is 18.9. The number of nitrogens with zero attached hydrogens (tertiary/aromatic N) is 1. The highest BCUT2D eigenvalue weighted by molar-refractivity contribution is 5.92. The molecule has 0 saturated heterocycles. The van der Waals surface area contributed by atoms with Crippen LogP contribution in [0.5, 0.6) is 5.75 Å². The first-order valence-electron chi connectivity index (χ1n) is 8.49. The summed E-state index contributed by atoms with van der Waals surface area (Å²) in [6.45, 7) is 4.71. The van der Waals surface area contributed by atoms with E-state index in [-0.39, 0.29) is 12.5 Å². The van der Waals surface area contributed by atoms with E-state index in [0.29, 0.717) is 18.8 Å². The molecule has 26 heavy (non-hydrogen) atoms. The average molecular weight is 355 g/mol. The van der Waals surface area contributed by atoms with Crippen LogP contribution in [0.1, 0.15) is 11.1 Å². The van der Waals surface area contributed by atoms with Gasteiger partial charge in [0.05, 0.1) is 13.1 Å². The topological polar surface area (TPSA) is 70.7 Å². The first-order valence-corrected chi connectivity index (χ1v) is 8.49. The number of nitrogens with one attached hydrogen (secondary N) is 2. The fourth-order valence-corrected chi connectivity index (χ4v) is 2.25. The van der Waals surface area contributed by atoms with Crippen molar-refractivity contribution < 1.29 is 14.3 Å². The summed E-state index contributed by atoms with van der Waals surface area (Å²) < 4.78 is 5.60. The minimum Gasteiger partial charge on any atom is -0.492 e. The van der Waals surface area contributed by atoms with Crippen molar-refractivity contribution >= 4 is 17.6 Å². The third-order valence-corrected chi connectivity index (χ3v) is 3.82. The van der Waals surface area contributed by atoms with Gasteiger partial charge in [0.2, 0.25) is 5.91 Å². The number of hydrogen-bond donors (Lipinski definition) is 2. The van der Waals surface area contributed by atoms with Crippen molar-refractivity contribution in [3.05, 3.63) is 59.7 Å². The summed E-state index contributed by atoms with van der Waals surface area (Å²) in [6.07, 6.45) is 0. The van der Waals surface area contributed by atoms with Gasteiger partial charge in [-0.3, -0.25) is 4.79 Å². The van der Waals surface area contributed by atoms with Gasteiger partial charge in [0.15, 0.2) is 0 Å². The van der Waals surface area contributed by atoms with Gasteiger partial charge in [-0.05, 0) is 43.7 Å². The minimum atomic E-state index is -0.409. The second-order valence-electron chi connectivity index (χ2n) is 6.15. The molecule has 138 valence electrons. The number of carbonyl (C=O) groups excluding carboxylic acids is 2. The van der Waals surface area contributed by atoms with Gasteiger partial charge in [0, 0.05) is 12.7 Å². The molecule has 0 fully saturated rings. The predicted molar refractivity (Wildman–Crippen MR) is 103 cm³/mol. The third kappa shape index (κ3) is 6.47. The highest BCUT2D eigenvalue weighted by Crippen LogP contribution is 2.11. The third-order valence-electron chi connectivity index (χ3n) is 3.82. The number of anilines is 1. The zero-order valence-electron chi connectivity index (χ0n) is 15.4. The molecule has 0 unspecified atom stereocenters. The Balaban J connectivity index is 1.67. The molecule has 6 nitrogen and oxygen atoms in total. The second-order valence-corrected chi connectivity index (χ2v) is 6.15. The zero-order valence-corrected chi connectivity index (χ0v) is 15.4. The van der Waals surface area contributed by atoms with Gasteiger partial charge < -0.3 is 20.3 Å². The molecule has 0 radical (unpaired) electrons. The maximum atomic E-state index is 12.1.